The Morgan fingerprint density at radius 1 is 1.27 bits per heavy atom. The first-order valence-corrected chi connectivity index (χ1v) is 6.34. The highest BCUT2D eigenvalue weighted by molar-refractivity contribution is 5.91. The molecule has 0 saturated heterocycles. The van der Waals surface area contributed by atoms with Crippen LogP contribution in [0.3, 0.4) is 0 Å². The number of fused-ring (bicyclic) bond motifs is 1. The van der Waals surface area contributed by atoms with Crippen molar-refractivity contribution in [2.75, 3.05) is 0 Å². The van der Waals surface area contributed by atoms with Crippen LogP contribution < -0.4 is 0 Å². The Morgan fingerprint density at radius 2 is 2.00 bits per heavy atom. The van der Waals surface area contributed by atoms with E-state index in [9.17, 15) is 4.79 Å². The van der Waals surface area contributed by atoms with Gasteiger partial charge in [0.2, 0.25) is 0 Å². The van der Waals surface area contributed by atoms with E-state index in [4.69, 9.17) is 0 Å². The van der Waals surface area contributed by atoms with Crippen molar-refractivity contribution in [1.82, 2.24) is 0 Å². The van der Waals surface area contributed by atoms with Gasteiger partial charge < -0.3 is 0 Å². The first kappa shape index (κ1) is 10.9. The maximum atomic E-state index is 11.5. The molecule has 0 bridgehead atoms. The first-order chi connectivity index (χ1) is 7.09. The number of allylic oxidation sites excluding steroid dienone is 2. The number of hydrogen-bond acceptors (Lipinski definition) is 1. The fraction of sp³-hybridized carbons (Fsp3) is 0.786. The molecule has 1 heteroatoms. The third kappa shape index (κ3) is 2.02. The standard InChI is InChI=1S/C14H22O/c1-9(2)12-6-4-10(3)13-7-5-11(15)8-14(12)13/h8-10,12-13H,4-7H2,1-3H3/t10-,12+,13?/m1/s1. The van der Waals surface area contributed by atoms with Gasteiger partial charge in [0, 0.05) is 6.42 Å². The molecule has 2 aliphatic rings. The summed E-state index contributed by atoms with van der Waals surface area (Å²) in [5.74, 6) is 3.23. The van der Waals surface area contributed by atoms with Gasteiger partial charge in [-0.2, -0.15) is 0 Å². The van der Waals surface area contributed by atoms with Crippen LogP contribution in [0.2, 0.25) is 0 Å². The number of carbonyl (C=O) groups is 1. The van der Waals surface area contributed by atoms with E-state index in [0.29, 0.717) is 23.5 Å². The van der Waals surface area contributed by atoms with E-state index in [2.05, 4.69) is 20.8 Å². The van der Waals surface area contributed by atoms with E-state index in [-0.39, 0.29) is 0 Å². The van der Waals surface area contributed by atoms with E-state index >= 15 is 0 Å². The van der Waals surface area contributed by atoms with Crippen LogP contribution in [0.15, 0.2) is 11.6 Å². The molecule has 0 amide bonds. The fourth-order valence-electron chi connectivity index (χ4n) is 3.35. The fourth-order valence-corrected chi connectivity index (χ4v) is 3.35. The summed E-state index contributed by atoms with van der Waals surface area (Å²) in [6.07, 6.45) is 6.50. The molecule has 0 aromatic heterocycles. The smallest absolute Gasteiger partial charge is 0.155 e. The van der Waals surface area contributed by atoms with Gasteiger partial charge in [-0.25, -0.2) is 0 Å². The second-order valence-electron chi connectivity index (χ2n) is 5.66. The van der Waals surface area contributed by atoms with Crippen LogP contribution in [0.5, 0.6) is 0 Å². The number of ketones is 1. The van der Waals surface area contributed by atoms with Crippen molar-refractivity contribution in [3.05, 3.63) is 11.6 Å². The SMILES string of the molecule is CC(C)[C@@H]1CC[C@@H](C)C2CCC(=O)C=C21. The normalized spacial score (nSPS) is 36.4. The van der Waals surface area contributed by atoms with Crippen LogP contribution >= 0.6 is 0 Å². The van der Waals surface area contributed by atoms with Gasteiger partial charge in [-0.05, 0) is 49.0 Å². The van der Waals surface area contributed by atoms with Crippen molar-refractivity contribution >= 4 is 5.78 Å². The van der Waals surface area contributed by atoms with Crippen molar-refractivity contribution in [3.8, 4) is 0 Å². The molecule has 0 N–H and O–H groups in total. The Bertz CT molecular complexity index is 288. The molecule has 0 heterocycles. The quantitative estimate of drug-likeness (QED) is 0.640. The molecule has 15 heavy (non-hydrogen) atoms. The highest BCUT2D eigenvalue weighted by Gasteiger charge is 2.36. The summed E-state index contributed by atoms with van der Waals surface area (Å²) in [4.78, 5) is 11.5. The molecule has 0 aromatic rings. The molecule has 1 unspecified atom stereocenters. The average Bonchev–Trinajstić information content (AvgIpc) is 2.17. The van der Waals surface area contributed by atoms with Gasteiger partial charge in [-0.3, -0.25) is 4.79 Å². The lowest BCUT2D eigenvalue weighted by Crippen LogP contribution is -2.32. The number of carbonyl (C=O) groups excluding carboxylic acids is 1. The Kier molecular flexibility index (Phi) is 2.99. The highest BCUT2D eigenvalue weighted by atomic mass is 16.1. The lowest BCUT2D eigenvalue weighted by atomic mass is 9.64. The van der Waals surface area contributed by atoms with Crippen molar-refractivity contribution in [2.45, 2.75) is 46.5 Å². The second-order valence-corrected chi connectivity index (χ2v) is 5.66. The minimum atomic E-state index is 0.362. The molecule has 1 fully saturated rings. The highest BCUT2D eigenvalue weighted by Crippen LogP contribution is 2.45. The van der Waals surface area contributed by atoms with Crippen LogP contribution in [0, 0.1) is 23.7 Å². The zero-order valence-electron chi connectivity index (χ0n) is 10.1. The maximum Gasteiger partial charge on any atom is 0.155 e. The van der Waals surface area contributed by atoms with Crippen molar-refractivity contribution in [3.63, 3.8) is 0 Å². The summed E-state index contributed by atoms with van der Waals surface area (Å²) in [6.45, 7) is 6.93. The van der Waals surface area contributed by atoms with E-state index in [1.807, 2.05) is 6.08 Å². The summed E-state index contributed by atoms with van der Waals surface area (Å²) in [7, 11) is 0. The van der Waals surface area contributed by atoms with Gasteiger partial charge in [-0.1, -0.05) is 26.3 Å². The summed E-state index contributed by atoms with van der Waals surface area (Å²) in [6, 6.07) is 0. The summed E-state index contributed by atoms with van der Waals surface area (Å²) in [5.41, 5.74) is 1.49. The van der Waals surface area contributed by atoms with Gasteiger partial charge in [0.1, 0.15) is 0 Å². The third-order valence-corrected chi connectivity index (χ3v) is 4.31. The Balaban J connectivity index is 2.27. The zero-order valence-corrected chi connectivity index (χ0v) is 10.1. The minimum absolute atomic E-state index is 0.362. The van der Waals surface area contributed by atoms with Crippen LogP contribution in [0.25, 0.3) is 0 Å². The van der Waals surface area contributed by atoms with E-state index in [1.165, 1.54) is 18.4 Å². The molecule has 1 saturated carbocycles. The average molecular weight is 206 g/mol. The van der Waals surface area contributed by atoms with Crippen molar-refractivity contribution < 1.29 is 4.79 Å². The number of rotatable bonds is 1. The Labute approximate surface area is 92.9 Å². The maximum absolute atomic E-state index is 11.5. The topological polar surface area (TPSA) is 17.1 Å². The van der Waals surface area contributed by atoms with Crippen LogP contribution in [-0.2, 0) is 4.79 Å². The molecule has 0 aromatic carbocycles. The summed E-state index contributed by atoms with van der Waals surface area (Å²) >= 11 is 0. The summed E-state index contributed by atoms with van der Waals surface area (Å²) < 4.78 is 0. The number of hydrogen-bond donors (Lipinski definition) is 0. The van der Waals surface area contributed by atoms with Gasteiger partial charge in [0.15, 0.2) is 5.78 Å². The first-order valence-electron chi connectivity index (χ1n) is 6.34. The van der Waals surface area contributed by atoms with Crippen LogP contribution in [0.1, 0.15) is 46.5 Å². The van der Waals surface area contributed by atoms with Gasteiger partial charge in [0.05, 0.1) is 0 Å². The lowest BCUT2D eigenvalue weighted by molar-refractivity contribution is -0.115. The van der Waals surface area contributed by atoms with Crippen molar-refractivity contribution in [2.24, 2.45) is 23.7 Å². The van der Waals surface area contributed by atoms with Gasteiger partial charge in [-0.15, -0.1) is 0 Å². The van der Waals surface area contributed by atoms with E-state index in [1.54, 1.807) is 0 Å². The Morgan fingerprint density at radius 3 is 2.67 bits per heavy atom. The predicted octanol–water partition coefficient (Wildman–Crippen LogP) is 3.59. The molecule has 0 aliphatic heterocycles. The predicted molar refractivity (Wildman–Crippen MR) is 62.5 cm³/mol. The summed E-state index contributed by atoms with van der Waals surface area (Å²) in [5, 5.41) is 0. The molecule has 0 radical (unpaired) electrons. The van der Waals surface area contributed by atoms with Crippen molar-refractivity contribution in [1.29, 1.82) is 0 Å². The van der Waals surface area contributed by atoms with Crippen LogP contribution in [0.4, 0.5) is 0 Å². The molecule has 1 nitrogen and oxygen atoms in total. The Hall–Kier alpha value is -0.590. The van der Waals surface area contributed by atoms with Crippen LogP contribution in [-0.4, -0.2) is 5.78 Å². The van der Waals surface area contributed by atoms with E-state index in [0.717, 1.165) is 18.8 Å². The van der Waals surface area contributed by atoms with Gasteiger partial charge in [0.25, 0.3) is 0 Å². The third-order valence-electron chi connectivity index (χ3n) is 4.31. The molecule has 2 rings (SSSR count). The van der Waals surface area contributed by atoms with E-state index < -0.39 is 0 Å². The zero-order chi connectivity index (χ0) is 11.0. The molecule has 2 aliphatic carbocycles. The van der Waals surface area contributed by atoms with Gasteiger partial charge >= 0.3 is 0 Å². The molecule has 3 atom stereocenters. The molecule has 0 spiro atoms. The largest absolute Gasteiger partial charge is 0.295 e. The lowest BCUT2D eigenvalue weighted by Gasteiger charge is -2.41. The minimum Gasteiger partial charge on any atom is -0.295 e. The molecular weight excluding hydrogens is 184 g/mol. The molecule has 84 valence electrons. The molecular formula is C14H22O. The monoisotopic (exact) mass is 206 g/mol. The second kappa shape index (κ2) is 4.11.